The second-order valence-electron chi connectivity index (χ2n) is 3.95. The van der Waals surface area contributed by atoms with Gasteiger partial charge in [-0.3, -0.25) is 0 Å². The molecule has 7 heteroatoms. The van der Waals surface area contributed by atoms with Crippen molar-refractivity contribution in [3.8, 4) is 0 Å². The quantitative estimate of drug-likeness (QED) is 0.332. The Kier molecular flexibility index (Phi) is 30.3. The van der Waals surface area contributed by atoms with Crippen LogP contribution in [-0.4, -0.2) is 75.6 Å². The molecule has 0 atom stereocenters. The van der Waals surface area contributed by atoms with Crippen molar-refractivity contribution in [3.05, 3.63) is 12.2 Å². The summed E-state index contributed by atoms with van der Waals surface area (Å²) in [7, 11) is 0. The lowest BCUT2D eigenvalue weighted by atomic mass is 10.4. The zero-order chi connectivity index (χ0) is 18.3. The van der Waals surface area contributed by atoms with E-state index in [-0.39, 0.29) is 19.2 Å². The van der Waals surface area contributed by atoms with E-state index in [1.54, 1.807) is 13.8 Å². The molecule has 0 fully saturated rings. The summed E-state index contributed by atoms with van der Waals surface area (Å²) in [6, 6.07) is 0. The third-order valence-electron chi connectivity index (χ3n) is 1.88. The molecule has 7 nitrogen and oxygen atoms in total. The van der Waals surface area contributed by atoms with Crippen molar-refractivity contribution in [1.29, 1.82) is 0 Å². The van der Waals surface area contributed by atoms with Crippen LogP contribution in [0.2, 0.25) is 0 Å². The first-order valence-corrected chi connectivity index (χ1v) is 7.79. The Bertz CT molecular complexity index is 235. The first-order chi connectivity index (χ1) is 11.0. The second-order valence-corrected chi connectivity index (χ2v) is 3.95. The molecular weight excluding hydrogens is 304 g/mol. The van der Waals surface area contributed by atoms with Gasteiger partial charge in [-0.15, -0.1) is 0 Å². The Labute approximate surface area is 140 Å². The van der Waals surface area contributed by atoms with Crippen molar-refractivity contribution in [1.82, 2.24) is 0 Å². The lowest BCUT2D eigenvalue weighted by Gasteiger charge is -2.01. The van der Waals surface area contributed by atoms with Crippen LogP contribution in [0.15, 0.2) is 12.2 Å². The average molecular weight is 338 g/mol. The van der Waals surface area contributed by atoms with E-state index in [4.69, 9.17) is 24.4 Å². The molecule has 0 saturated carbocycles. The normalized spacial score (nSPS) is 9.13. The molecule has 0 bridgehead atoms. The van der Waals surface area contributed by atoms with Crippen LogP contribution in [-0.2, 0) is 23.7 Å². The summed E-state index contributed by atoms with van der Waals surface area (Å²) in [5.74, 6) is -0.312. The van der Waals surface area contributed by atoms with Gasteiger partial charge in [-0.1, -0.05) is 6.58 Å². The number of aliphatic hydroxyl groups is 2. The second kappa shape index (κ2) is 25.9. The van der Waals surface area contributed by atoms with E-state index < -0.39 is 0 Å². The van der Waals surface area contributed by atoms with Crippen LogP contribution in [0, 0.1) is 0 Å². The smallest absolute Gasteiger partial charge is 0.333 e. The molecule has 0 saturated heterocycles. The van der Waals surface area contributed by atoms with Gasteiger partial charge in [0.2, 0.25) is 0 Å². The highest BCUT2D eigenvalue weighted by atomic mass is 16.5. The molecule has 140 valence electrons. The fourth-order valence-electron chi connectivity index (χ4n) is 0.909. The van der Waals surface area contributed by atoms with Crippen molar-refractivity contribution >= 4 is 5.97 Å². The molecular formula is C16H34O7. The number of hydrogen-bond acceptors (Lipinski definition) is 7. The maximum absolute atomic E-state index is 10.4. The molecule has 2 N–H and O–H groups in total. The van der Waals surface area contributed by atoms with Gasteiger partial charge in [0.1, 0.15) is 0 Å². The Balaban J connectivity index is -0.000000276. The van der Waals surface area contributed by atoms with E-state index >= 15 is 0 Å². The van der Waals surface area contributed by atoms with Crippen LogP contribution >= 0.6 is 0 Å². The van der Waals surface area contributed by atoms with Gasteiger partial charge in [-0.05, 0) is 27.7 Å². The summed E-state index contributed by atoms with van der Waals surface area (Å²) in [6.45, 7) is 14.6. The van der Waals surface area contributed by atoms with Crippen molar-refractivity contribution < 1.29 is 34.0 Å². The van der Waals surface area contributed by atoms with Gasteiger partial charge in [-0.2, -0.15) is 0 Å². The summed E-state index contributed by atoms with van der Waals surface area (Å²) in [4.78, 5) is 10.4. The molecule has 0 unspecified atom stereocenters. The highest BCUT2D eigenvalue weighted by Gasteiger charge is 1.98. The van der Waals surface area contributed by atoms with E-state index in [2.05, 4.69) is 11.3 Å². The standard InChI is InChI=1S/C6H14O4.C6H10O2.C4H10O/c7-1-3-9-5-6-10-4-2-8;1-4-8-6(7)5(2)3;1-3-5-4-2/h7-8H,1-6H2;2,4H2,1,3H3;3-4H2,1-2H3. The molecule has 0 aromatic rings. The van der Waals surface area contributed by atoms with E-state index in [9.17, 15) is 4.79 Å². The van der Waals surface area contributed by atoms with E-state index in [1.165, 1.54) is 0 Å². The summed E-state index contributed by atoms with van der Waals surface area (Å²) in [6.07, 6.45) is 0. The van der Waals surface area contributed by atoms with E-state index in [1.807, 2.05) is 13.8 Å². The van der Waals surface area contributed by atoms with Gasteiger partial charge in [0.25, 0.3) is 0 Å². The summed E-state index contributed by atoms with van der Waals surface area (Å²) in [5.41, 5.74) is 0.451. The largest absolute Gasteiger partial charge is 0.463 e. The van der Waals surface area contributed by atoms with Crippen LogP contribution in [0.4, 0.5) is 0 Å². The van der Waals surface area contributed by atoms with Crippen molar-refractivity contribution in [2.75, 3.05) is 59.5 Å². The van der Waals surface area contributed by atoms with Gasteiger partial charge in [0.15, 0.2) is 0 Å². The van der Waals surface area contributed by atoms with Gasteiger partial charge >= 0.3 is 5.97 Å². The molecule has 0 amide bonds. The zero-order valence-corrected chi connectivity index (χ0v) is 15.0. The minimum atomic E-state index is -0.312. The van der Waals surface area contributed by atoms with Crippen molar-refractivity contribution in [3.63, 3.8) is 0 Å². The molecule has 0 aliphatic carbocycles. The van der Waals surface area contributed by atoms with E-state index in [0.717, 1.165) is 13.2 Å². The minimum absolute atomic E-state index is 0.0417. The topological polar surface area (TPSA) is 94.5 Å². The number of ether oxygens (including phenoxy) is 4. The fourth-order valence-corrected chi connectivity index (χ4v) is 0.909. The van der Waals surface area contributed by atoms with Crippen LogP contribution < -0.4 is 0 Å². The molecule has 23 heavy (non-hydrogen) atoms. The Morgan fingerprint density at radius 2 is 1.26 bits per heavy atom. The Morgan fingerprint density at radius 3 is 1.43 bits per heavy atom. The predicted octanol–water partition coefficient (Wildman–Crippen LogP) is 1.17. The van der Waals surface area contributed by atoms with Crippen molar-refractivity contribution in [2.45, 2.75) is 27.7 Å². The maximum Gasteiger partial charge on any atom is 0.333 e. The number of carbonyl (C=O) groups is 1. The summed E-state index contributed by atoms with van der Waals surface area (Å²) < 4.78 is 19.1. The highest BCUT2D eigenvalue weighted by Crippen LogP contribution is 1.89. The molecule has 0 aromatic heterocycles. The molecule has 0 radical (unpaired) electrons. The SMILES string of the molecule is C=C(C)C(=O)OCC.CCOCC.OCCOCCOCCO. The highest BCUT2D eigenvalue weighted by molar-refractivity contribution is 5.86. The monoisotopic (exact) mass is 338 g/mol. The molecule has 0 aliphatic rings. The molecule has 0 aromatic carbocycles. The van der Waals surface area contributed by atoms with Crippen LogP contribution in [0.25, 0.3) is 0 Å². The van der Waals surface area contributed by atoms with E-state index in [0.29, 0.717) is 38.6 Å². The van der Waals surface area contributed by atoms with Crippen LogP contribution in [0.3, 0.4) is 0 Å². The molecule has 0 aliphatic heterocycles. The van der Waals surface area contributed by atoms with Gasteiger partial charge in [0, 0.05) is 18.8 Å². The maximum atomic E-state index is 10.4. The number of aliphatic hydroxyl groups excluding tert-OH is 2. The first kappa shape index (κ1) is 26.9. The Morgan fingerprint density at radius 1 is 0.826 bits per heavy atom. The molecule has 0 rings (SSSR count). The fraction of sp³-hybridized carbons (Fsp3) is 0.812. The van der Waals surface area contributed by atoms with Crippen LogP contribution in [0.1, 0.15) is 27.7 Å². The van der Waals surface area contributed by atoms with Crippen molar-refractivity contribution in [2.24, 2.45) is 0 Å². The molecule has 0 heterocycles. The number of hydrogen-bond donors (Lipinski definition) is 2. The van der Waals surface area contributed by atoms with Crippen LogP contribution in [0.5, 0.6) is 0 Å². The third kappa shape index (κ3) is 33.7. The number of carbonyl (C=O) groups excluding carboxylic acids is 1. The average Bonchev–Trinajstić information content (AvgIpc) is 2.53. The summed E-state index contributed by atoms with van der Waals surface area (Å²) >= 11 is 0. The minimum Gasteiger partial charge on any atom is -0.463 e. The predicted molar refractivity (Wildman–Crippen MR) is 89.4 cm³/mol. The third-order valence-corrected chi connectivity index (χ3v) is 1.88. The van der Waals surface area contributed by atoms with Gasteiger partial charge in [-0.25, -0.2) is 4.79 Å². The lowest BCUT2D eigenvalue weighted by Crippen LogP contribution is -2.09. The van der Waals surface area contributed by atoms with Gasteiger partial charge in [0.05, 0.1) is 46.2 Å². The first-order valence-electron chi connectivity index (χ1n) is 7.79. The number of rotatable bonds is 11. The molecule has 0 spiro atoms. The Hall–Kier alpha value is -0.990. The zero-order valence-electron chi connectivity index (χ0n) is 15.0. The lowest BCUT2D eigenvalue weighted by molar-refractivity contribution is -0.138. The number of esters is 1. The van der Waals surface area contributed by atoms with Gasteiger partial charge < -0.3 is 29.2 Å². The summed E-state index contributed by atoms with van der Waals surface area (Å²) in [5, 5.41) is 16.5.